The van der Waals surface area contributed by atoms with Crippen molar-refractivity contribution in [3.05, 3.63) is 52.2 Å². The van der Waals surface area contributed by atoms with Gasteiger partial charge in [-0.2, -0.15) is 0 Å². The van der Waals surface area contributed by atoms with Crippen LogP contribution in [0.4, 0.5) is 11.5 Å². The minimum absolute atomic E-state index is 0.0305. The summed E-state index contributed by atoms with van der Waals surface area (Å²) < 4.78 is 23.2. The zero-order valence-corrected chi connectivity index (χ0v) is 16.3. The number of hydrogen-bond donors (Lipinski definition) is 1. The molecule has 8 heteroatoms. The highest BCUT2D eigenvalue weighted by molar-refractivity contribution is 7.91. The Balaban J connectivity index is 1.60. The number of amides is 1. The zero-order chi connectivity index (χ0) is 19.0. The van der Waals surface area contributed by atoms with E-state index in [0.29, 0.717) is 10.6 Å². The molecule has 0 atom stereocenters. The molecule has 0 saturated carbocycles. The van der Waals surface area contributed by atoms with E-state index < -0.39 is 9.84 Å². The molecule has 1 saturated heterocycles. The maximum absolute atomic E-state index is 12.9. The molecule has 2 aliphatic rings. The molecule has 142 valence electrons. The Morgan fingerprint density at radius 2 is 1.89 bits per heavy atom. The summed E-state index contributed by atoms with van der Waals surface area (Å²) in [6.07, 6.45) is 4.28. The van der Waals surface area contributed by atoms with Crippen molar-refractivity contribution in [2.24, 2.45) is 0 Å². The topological polar surface area (TPSA) is 79.4 Å². The van der Waals surface area contributed by atoms with Gasteiger partial charge in [0.1, 0.15) is 5.82 Å². The number of benzene rings is 1. The number of nitrogens with one attached hydrogen (secondary N) is 1. The van der Waals surface area contributed by atoms with Crippen LogP contribution in [0.3, 0.4) is 0 Å². The van der Waals surface area contributed by atoms with Gasteiger partial charge in [-0.05, 0) is 48.6 Å². The van der Waals surface area contributed by atoms with Crippen LogP contribution >= 0.6 is 11.6 Å². The number of nitrogens with zero attached hydrogens (tertiary/aromatic N) is 2. The van der Waals surface area contributed by atoms with Gasteiger partial charge in [0.15, 0.2) is 9.84 Å². The Kier molecular flexibility index (Phi) is 4.82. The minimum atomic E-state index is -3.02. The lowest BCUT2D eigenvalue weighted by molar-refractivity contribution is 0.0769. The predicted molar refractivity (Wildman–Crippen MR) is 106 cm³/mol. The van der Waals surface area contributed by atoms with E-state index in [4.69, 9.17) is 11.6 Å². The second-order valence-electron chi connectivity index (χ2n) is 6.91. The quantitative estimate of drug-likeness (QED) is 0.849. The molecule has 1 amide bonds. The lowest BCUT2D eigenvalue weighted by Crippen LogP contribution is -2.44. The molecule has 0 bridgehead atoms. The Labute approximate surface area is 163 Å². The van der Waals surface area contributed by atoms with Crippen molar-refractivity contribution < 1.29 is 13.2 Å². The molecule has 6 nitrogen and oxygen atoms in total. The van der Waals surface area contributed by atoms with Gasteiger partial charge in [-0.15, -0.1) is 0 Å². The normalized spacial score (nSPS) is 18.2. The fourth-order valence-electron chi connectivity index (χ4n) is 3.67. The first-order valence-electron chi connectivity index (χ1n) is 8.96. The van der Waals surface area contributed by atoms with Crippen molar-refractivity contribution in [2.75, 3.05) is 29.9 Å². The standard InChI is InChI=1S/C19H20ClN3O3S/c20-13-3-1-4-14(11-13)22-18-16-6-2-5-15(16)17(12-21-18)19(24)23-7-9-27(25,26)10-8-23/h1,3-4,11-12H,2,5-10H2,(H,21,22). The van der Waals surface area contributed by atoms with Gasteiger partial charge in [-0.25, -0.2) is 13.4 Å². The van der Waals surface area contributed by atoms with Gasteiger partial charge in [0.05, 0.1) is 17.1 Å². The number of halogens is 1. The number of rotatable bonds is 3. The molecule has 4 rings (SSSR count). The van der Waals surface area contributed by atoms with Gasteiger partial charge in [-0.3, -0.25) is 4.79 Å². The van der Waals surface area contributed by atoms with Crippen LogP contribution in [-0.2, 0) is 22.7 Å². The third-order valence-electron chi connectivity index (χ3n) is 5.10. The monoisotopic (exact) mass is 405 g/mol. The number of hydrogen-bond acceptors (Lipinski definition) is 5. The van der Waals surface area contributed by atoms with E-state index in [2.05, 4.69) is 10.3 Å². The molecule has 2 heterocycles. The summed E-state index contributed by atoms with van der Waals surface area (Å²) >= 11 is 6.05. The Morgan fingerprint density at radius 1 is 1.15 bits per heavy atom. The van der Waals surface area contributed by atoms with E-state index in [-0.39, 0.29) is 30.5 Å². The highest BCUT2D eigenvalue weighted by Gasteiger charge is 2.29. The molecule has 1 aromatic heterocycles. The number of pyridine rings is 1. The molecule has 1 fully saturated rings. The Morgan fingerprint density at radius 3 is 2.63 bits per heavy atom. The van der Waals surface area contributed by atoms with Gasteiger partial charge in [0, 0.05) is 30.0 Å². The molecule has 1 aliphatic heterocycles. The van der Waals surface area contributed by atoms with Crippen LogP contribution in [0.15, 0.2) is 30.5 Å². The molecule has 0 spiro atoms. The first kappa shape index (κ1) is 18.3. The average Bonchev–Trinajstić information content (AvgIpc) is 3.12. The van der Waals surface area contributed by atoms with E-state index in [1.807, 2.05) is 24.3 Å². The molecule has 0 unspecified atom stereocenters. The van der Waals surface area contributed by atoms with Crippen molar-refractivity contribution in [1.82, 2.24) is 9.88 Å². The van der Waals surface area contributed by atoms with Gasteiger partial charge in [-0.1, -0.05) is 17.7 Å². The lowest BCUT2D eigenvalue weighted by Gasteiger charge is -2.27. The summed E-state index contributed by atoms with van der Waals surface area (Å²) in [6, 6.07) is 7.43. The van der Waals surface area contributed by atoms with Crippen molar-refractivity contribution >= 4 is 38.9 Å². The number of anilines is 2. The fraction of sp³-hybridized carbons (Fsp3) is 0.368. The van der Waals surface area contributed by atoms with Crippen molar-refractivity contribution in [2.45, 2.75) is 19.3 Å². The van der Waals surface area contributed by atoms with Gasteiger partial charge < -0.3 is 10.2 Å². The lowest BCUT2D eigenvalue weighted by atomic mass is 10.0. The molecule has 27 heavy (non-hydrogen) atoms. The van der Waals surface area contributed by atoms with Gasteiger partial charge >= 0.3 is 0 Å². The van der Waals surface area contributed by atoms with Crippen molar-refractivity contribution in [3.8, 4) is 0 Å². The maximum atomic E-state index is 12.9. The molecule has 1 N–H and O–H groups in total. The summed E-state index contributed by atoms with van der Waals surface area (Å²) in [6.45, 7) is 0.497. The number of fused-ring (bicyclic) bond motifs is 1. The molecule has 0 radical (unpaired) electrons. The van der Waals surface area contributed by atoms with Crippen LogP contribution in [0.5, 0.6) is 0 Å². The van der Waals surface area contributed by atoms with Crippen molar-refractivity contribution in [1.29, 1.82) is 0 Å². The summed E-state index contributed by atoms with van der Waals surface area (Å²) in [7, 11) is -3.02. The smallest absolute Gasteiger partial charge is 0.255 e. The maximum Gasteiger partial charge on any atom is 0.255 e. The van der Waals surface area contributed by atoms with Crippen LogP contribution in [-0.4, -0.2) is 48.8 Å². The van der Waals surface area contributed by atoms with Crippen LogP contribution in [0.1, 0.15) is 27.9 Å². The van der Waals surface area contributed by atoms with E-state index in [1.54, 1.807) is 11.1 Å². The van der Waals surface area contributed by atoms with E-state index in [1.165, 1.54) is 0 Å². The molecular weight excluding hydrogens is 386 g/mol. The van der Waals surface area contributed by atoms with Crippen LogP contribution < -0.4 is 5.32 Å². The van der Waals surface area contributed by atoms with E-state index >= 15 is 0 Å². The first-order chi connectivity index (χ1) is 12.9. The predicted octanol–water partition coefficient (Wildman–Crippen LogP) is 2.84. The van der Waals surface area contributed by atoms with Gasteiger partial charge in [0.2, 0.25) is 0 Å². The van der Waals surface area contributed by atoms with Crippen LogP contribution in [0.25, 0.3) is 0 Å². The summed E-state index contributed by atoms with van der Waals surface area (Å²) in [5.74, 6) is 0.693. The van der Waals surface area contributed by atoms with E-state index in [9.17, 15) is 13.2 Å². The van der Waals surface area contributed by atoms with Crippen LogP contribution in [0.2, 0.25) is 5.02 Å². The zero-order valence-electron chi connectivity index (χ0n) is 14.7. The summed E-state index contributed by atoms with van der Waals surface area (Å²) in [4.78, 5) is 19.1. The van der Waals surface area contributed by atoms with Crippen LogP contribution in [0, 0.1) is 0 Å². The average molecular weight is 406 g/mol. The Bertz CT molecular complexity index is 993. The number of carbonyl (C=O) groups is 1. The second kappa shape index (κ2) is 7.13. The number of aromatic nitrogens is 1. The second-order valence-corrected chi connectivity index (χ2v) is 9.65. The Hall–Kier alpha value is -2.12. The largest absolute Gasteiger partial charge is 0.340 e. The fourth-order valence-corrected chi connectivity index (χ4v) is 5.06. The molecule has 1 aliphatic carbocycles. The van der Waals surface area contributed by atoms with Gasteiger partial charge in [0.25, 0.3) is 5.91 Å². The molecule has 1 aromatic carbocycles. The highest BCUT2D eigenvalue weighted by atomic mass is 35.5. The molecule has 2 aromatic rings. The summed E-state index contributed by atoms with van der Waals surface area (Å²) in [5.41, 5.74) is 3.53. The number of carbonyl (C=O) groups excluding carboxylic acids is 1. The third kappa shape index (κ3) is 3.80. The summed E-state index contributed by atoms with van der Waals surface area (Å²) in [5, 5.41) is 3.94. The minimum Gasteiger partial charge on any atom is -0.340 e. The number of sulfone groups is 1. The first-order valence-corrected chi connectivity index (χ1v) is 11.2. The third-order valence-corrected chi connectivity index (χ3v) is 6.95. The van der Waals surface area contributed by atoms with Crippen molar-refractivity contribution in [3.63, 3.8) is 0 Å². The SMILES string of the molecule is O=C(c1cnc(Nc2cccc(Cl)c2)c2c1CCC2)N1CCS(=O)(=O)CC1. The highest BCUT2D eigenvalue weighted by Crippen LogP contribution is 2.32. The molecular formula is C19H20ClN3O3S. The van der Waals surface area contributed by atoms with E-state index in [0.717, 1.165) is 41.9 Å².